The van der Waals surface area contributed by atoms with Gasteiger partial charge in [-0.3, -0.25) is 4.79 Å². The Morgan fingerprint density at radius 1 is 1.22 bits per heavy atom. The van der Waals surface area contributed by atoms with Crippen LogP contribution in [0.15, 0.2) is 48.5 Å². The monoisotopic (exact) mass is 335 g/mol. The van der Waals surface area contributed by atoms with Gasteiger partial charge in [0, 0.05) is 17.0 Å². The van der Waals surface area contributed by atoms with E-state index in [2.05, 4.69) is 5.32 Å². The lowest BCUT2D eigenvalue weighted by atomic mass is 9.84. The minimum Gasteiger partial charge on any atom is -0.484 e. The molecule has 0 radical (unpaired) electrons. The summed E-state index contributed by atoms with van der Waals surface area (Å²) >= 11 is 5.85. The van der Waals surface area contributed by atoms with Gasteiger partial charge in [0.2, 0.25) is 0 Å². The Morgan fingerprint density at radius 2 is 1.96 bits per heavy atom. The van der Waals surface area contributed by atoms with Crippen LogP contribution in [-0.2, 0) is 10.2 Å². The van der Waals surface area contributed by atoms with Crippen molar-refractivity contribution in [2.45, 2.75) is 19.3 Å². The van der Waals surface area contributed by atoms with Crippen molar-refractivity contribution in [1.82, 2.24) is 5.32 Å². The van der Waals surface area contributed by atoms with Crippen molar-refractivity contribution in [3.63, 3.8) is 0 Å². The molecule has 0 fully saturated rings. The molecule has 0 atom stereocenters. The first-order valence-electron chi connectivity index (χ1n) is 7.28. The summed E-state index contributed by atoms with van der Waals surface area (Å²) in [4.78, 5) is 11.9. The van der Waals surface area contributed by atoms with Crippen molar-refractivity contribution in [2.24, 2.45) is 0 Å². The zero-order chi connectivity index (χ0) is 16.9. The molecule has 1 N–H and O–H groups in total. The highest BCUT2D eigenvalue weighted by molar-refractivity contribution is 6.30. The molecule has 2 aromatic rings. The molecule has 1 amide bonds. The molecule has 0 saturated heterocycles. The Morgan fingerprint density at radius 3 is 2.65 bits per heavy atom. The van der Waals surface area contributed by atoms with Crippen LogP contribution in [-0.4, -0.2) is 19.1 Å². The van der Waals surface area contributed by atoms with E-state index in [1.165, 1.54) is 6.07 Å². The molecule has 3 nitrogen and oxygen atoms in total. The molecule has 0 aliphatic carbocycles. The van der Waals surface area contributed by atoms with Gasteiger partial charge in [0.15, 0.2) is 6.61 Å². The molecule has 0 saturated carbocycles. The standard InChI is InChI=1S/C18H19ClFNO2/c1-18(2,15-8-3-4-9-16(15)20)12-21-17(22)11-23-14-7-5-6-13(19)10-14/h3-10H,11-12H2,1-2H3,(H,21,22). The van der Waals surface area contributed by atoms with Gasteiger partial charge in [0.1, 0.15) is 11.6 Å². The fourth-order valence-electron chi connectivity index (χ4n) is 2.18. The van der Waals surface area contributed by atoms with E-state index in [0.717, 1.165) is 0 Å². The molecule has 2 rings (SSSR count). The fraction of sp³-hybridized carbons (Fsp3) is 0.278. The number of benzene rings is 2. The second-order valence-electron chi connectivity index (χ2n) is 5.89. The Balaban J connectivity index is 1.87. The van der Waals surface area contributed by atoms with E-state index in [4.69, 9.17) is 16.3 Å². The molecule has 122 valence electrons. The molecule has 23 heavy (non-hydrogen) atoms. The first-order valence-corrected chi connectivity index (χ1v) is 7.66. The Kier molecular flexibility index (Phi) is 5.61. The van der Waals surface area contributed by atoms with Gasteiger partial charge >= 0.3 is 0 Å². The number of rotatable bonds is 6. The summed E-state index contributed by atoms with van der Waals surface area (Å²) in [5.41, 5.74) is 0.0490. The molecule has 0 unspecified atom stereocenters. The minimum absolute atomic E-state index is 0.117. The van der Waals surface area contributed by atoms with E-state index >= 15 is 0 Å². The van der Waals surface area contributed by atoms with E-state index < -0.39 is 5.41 Å². The van der Waals surface area contributed by atoms with Gasteiger partial charge in [-0.05, 0) is 29.8 Å². The normalized spacial score (nSPS) is 11.1. The minimum atomic E-state index is -0.517. The predicted molar refractivity (Wildman–Crippen MR) is 89.4 cm³/mol. The maximum atomic E-state index is 13.9. The summed E-state index contributed by atoms with van der Waals surface area (Å²) in [7, 11) is 0. The maximum Gasteiger partial charge on any atom is 0.257 e. The van der Waals surface area contributed by atoms with Gasteiger partial charge in [0.25, 0.3) is 5.91 Å². The number of hydrogen-bond acceptors (Lipinski definition) is 2. The Labute approximate surface area is 140 Å². The fourth-order valence-corrected chi connectivity index (χ4v) is 2.36. The van der Waals surface area contributed by atoms with Crippen molar-refractivity contribution < 1.29 is 13.9 Å². The summed E-state index contributed by atoms with van der Waals surface area (Å²) in [5.74, 6) is -0.0164. The van der Waals surface area contributed by atoms with Crippen LogP contribution in [0.3, 0.4) is 0 Å². The number of amides is 1. The lowest BCUT2D eigenvalue weighted by Crippen LogP contribution is -2.39. The van der Waals surface area contributed by atoms with Crippen LogP contribution in [0, 0.1) is 5.82 Å². The van der Waals surface area contributed by atoms with Gasteiger partial charge in [-0.25, -0.2) is 4.39 Å². The molecule has 0 heterocycles. The van der Waals surface area contributed by atoms with Gasteiger partial charge in [0.05, 0.1) is 0 Å². The summed E-state index contributed by atoms with van der Waals surface area (Å²) in [6, 6.07) is 13.4. The lowest BCUT2D eigenvalue weighted by Gasteiger charge is -2.26. The van der Waals surface area contributed by atoms with E-state index in [1.54, 1.807) is 42.5 Å². The zero-order valence-corrected chi connectivity index (χ0v) is 13.9. The van der Waals surface area contributed by atoms with Crippen molar-refractivity contribution >= 4 is 17.5 Å². The number of hydrogen-bond donors (Lipinski definition) is 1. The predicted octanol–water partition coefficient (Wildman–Crippen LogP) is 3.95. The SMILES string of the molecule is CC(C)(CNC(=O)COc1cccc(Cl)c1)c1ccccc1F. The van der Waals surface area contributed by atoms with Crippen LogP contribution < -0.4 is 10.1 Å². The van der Waals surface area contributed by atoms with Crippen LogP contribution in [0.2, 0.25) is 5.02 Å². The smallest absolute Gasteiger partial charge is 0.257 e. The van der Waals surface area contributed by atoms with Crippen LogP contribution in [0.1, 0.15) is 19.4 Å². The summed E-state index contributed by atoms with van der Waals surface area (Å²) < 4.78 is 19.2. The quantitative estimate of drug-likeness (QED) is 0.868. The average Bonchev–Trinajstić information content (AvgIpc) is 2.51. The highest BCUT2D eigenvalue weighted by Gasteiger charge is 2.24. The second kappa shape index (κ2) is 7.47. The molecule has 0 aliphatic rings. The van der Waals surface area contributed by atoms with Crippen molar-refractivity contribution in [3.05, 3.63) is 64.9 Å². The average molecular weight is 336 g/mol. The third-order valence-electron chi connectivity index (χ3n) is 3.50. The largest absolute Gasteiger partial charge is 0.484 e. The van der Waals surface area contributed by atoms with Crippen LogP contribution in [0.4, 0.5) is 4.39 Å². The third-order valence-corrected chi connectivity index (χ3v) is 3.73. The first kappa shape index (κ1) is 17.3. The molecular weight excluding hydrogens is 317 g/mol. The first-order chi connectivity index (χ1) is 10.9. The lowest BCUT2D eigenvalue weighted by molar-refractivity contribution is -0.123. The molecule has 0 spiro atoms. The van der Waals surface area contributed by atoms with E-state index in [1.807, 2.05) is 13.8 Å². The van der Waals surface area contributed by atoms with Crippen molar-refractivity contribution in [1.29, 1.82) is 0 Å². The molecule has 2 aromatic carbocycles. The number of ether oxygens (including phenoxy) is 1. The topological polar surface area (TPSA) is 38.3 Å². The molecule has 0 bridgehead atoms. The van der Waals surface area contributed by atoms with Gasteiger partial charge in [-0.15, -0.1) is 0 Å². The number of halogens is 2. The van der Waals surface area contributed by atoms with Crippen LogP contribution >= 0.6 is 11.6 Å². The summed E-state index contributed by atoms with van der Waals surface area (Å²) in [5, 5.41) is 3.31. The Bertz CT molecular complexity index is 688. The van der Waals surface area contributed by atoms with E-state index in [-0.39, 0.29) is 18.3 Å². The van der Waals surface area contributed by atoms with Gasteiger partial charge < -0.3 is 10.1 Å². The highest BCUT2D eigenvalue weighted by atomic mass is 35.5. The molecular formula is C18H19ClFNO2. The number of carbonyl (C=O) groups excluding carboxylic acids is 1. The zero-order valence-electron chi connectivity index (χ0n) is 13.1. The molecule has 5 heteroatoms. The van der Waals surface area contributed by atoms with Gasteiger partial charge in [-0.2, -0.15) is 0 Å². The van der Waals surface area contributed by atoms with Crippen molar-refractivity contribution in [3.8, 4) is 5.75 Å². The van der Waals surface area contributed by atoms with Crippen LogP contribution in [0.25, 0.3) is 0 Å². The van der Waals surface area contributed by atoms with Gasteiger partial charge in [-0.1, -0.05) is 49.7 Å². The summed E-state index contributed by atoms with van der Waals surface area (Å²) in [6.45, 7) is 3.95. The van der Waals surface area contributed by atoms with Crippen LogP contribution in [0.5, 0.6) is 5.75 Å². The molecule has 0 aliphatic heterocycles. The maximum absolute atomic E-state index is 13.9. The number of carbonyl (C=O) groups is 1. The highest BCUT2D eigenvalue weighted by Crippen LogP contribution is 2.24. The second-order valence-corrected chi connectivity index (χ2v) is 6.32. The Hall–Kier alpha value is -2.07. The van der Waals surface area contributed by atoms with E-state index in [9.17, 15) is 9.18 Å². The van der Waals surface area contributed by atoms with E-state index in [0.29, 0.717) is 22.9 Å². The third kappa shape index (κ3) is 4.96. The number of nitrogens with one attached hydrogen (secondary N) is 1. The van der Waals surface area contributed by atoms with Crippen molar-refractivity contribution in [2.75, 3.05) is 13.2 Å². The molecule has 0 aromatic heterocycles. The summed E-state index contributed by atoms with van der Waals surface area (Å²) in [6.07, 6.45) is 0.